The van der Waals surface area contributed by atoms with Crippen molar-refractivity contribution in [2.24, 2.45) is 0 Å². The molecule has 3 aliphatic heterocycles. The summed E-state index contributed by atoms with van der Waals surface area (Å²) in [4.78, 5) is 15.6. The first-order valence-corrected chi connectivity index (χ1v) is 14.1. The summed E-state index contributed by atoms with van der Waals surface area (Å²) in [5.41, 5.74) is 4.04. The van der Waals surface area contributed by atoms with Gasteiger partial charge in [-0.25, -0.2) is 9.97 Å². The zero-order chi connectivity index (χ0) is 20.6. The maximum absolute atomic E-state index is 4.42. The average molecular weight is 483 g/mol. The van der Waals surface area contributed by atoms with Crippen molar-refractivity contribution in [3.8, 4) is 0 Å². The second kappa shape index (κ2) is 8.83. The molecule has 158 valence electrons. The van der Waals surface area contributed by atoms with Crippen molar-refractivity contribution < 1.29 is 0 Å². The molecule has 3 aromatic rings. The summed E-state index contributed by atoms with van der Waals surface area (Å²) >= 11 is 7.71. The van der Waals surface area contributed by atoms with Gasteiger partial charge in [-0.3, -0.25) is 4.90 Å². The standard InChI is InChI=1S/C23H22N4S4/c1-8-28-21(29-9-1)12-17-11-16-4-7-27(14-20(16)30-17)13-15-2-3-19-18(10-15)26-22-23(31-19)25-6-5-24-22/h2-3,5-6,10-12H,1,4,7-9,13-14H2,(H,24,26). The van der Waals surface area contributed by atoms with Gasteiger partial charge < -0.3 is 5.32 Å². The first-order valence-electron chi connectivity index (χ1n) is 10.5. The number of nitrogens with one attached hydrogen (secondary N) is 1. The van der Waals surface area contributed by atoms with Gasteiger partial charge in [0.05, 0.1) is 5.69 Å². The summed E-state index contributed by atoms with van der Waals surface area (Å²) in [6, 6.07) is 9.17. The maximum atomic E-state index is 4.42. The van der Waals surface area contributed by atoms with Gasteiger partial charge in [-0.1, -0.05) is 17.8 Å². The topological polar surface area (TPSA) is 41.0 Å². The lowest BCUT2D eigenvalue weighted by Crippen LogP contribution is -2.29. The summed E-state index contributed by atoms with van der Waals surface area (Å²) in [6.07, 6.45) is 8.38. The van der Waals surface area contributed by atoms with Gasteiger partial charge in [0.15, 0.2) is 5.82 Å². The number of benzene rings is 1. The highest BCUT2D eigenvalue weighted by molar-refractivity contribution is 8.23. The number of thiophene rings is 1. The Kier molecular flexibility index (Phi) is 5.74. The molecule has 0 atom stereocenters. The Hall–Kier alpha value is -1.45. The van der Waals surface area contributed by atoms with E-state index >= 15 is 0 Å². The van der Waals surface area contributed by atoms with E-state index < -0.39 is 0 Å². The third kappa shape index (κ3) is 4.41. The van der Waals surface area contributed by atoms with Crippen LogP contribution in [0.3, 0.4) is 0 Å². The lowest BCUT2D eigenvalue weighted by atomic mass is 10.1. The molecular formula is C23H22N4S4. The van der Waals surface area contributed by atoms with E-state index in [0.717, 1.165) is 42.6 Å². The van der Waals surface area contributed by atoms with E-state index in [2.05, 4.69) is 50.5 Å². The highest BCUT2D eigenvalue weighted by Gasteiger charge is 2.21. The number of thioether (sulfide) groups is 2. The van der Waals surface area contributed by atoms with Gasteiger partial charge in [0.2, 0.25) is 0 Å². The molecule has 0 saturated carbocycles. The summed E-state index contributed by atoms with van der Waals surface area (Å²) in [5, 5.41) is 4.40. The van der Waals surface area contributed by atoms with Crippen molar-refractivity contribution in [3.63, 3.8) is 0 Å². The highest BCUT2D eigenvalue weighted by Crippen LogP contribution is 2.42. The Morgan fingerprint density at radius 2 is 2.00 bits per heavy atom. The molecule has 1 aromatic carbocycles. The zero-order valence-corrected chi connectivity index (χ0v) is 20.2. The van der Waals surface area contributed by atoms with Crippen molar-refractivity contribution in [1.82, 2.24) is 14.9 Å². The van der Waals surface area contributed by atoms with Crippen LogP contribution in [0.1, 0.15) is 27.3 Å². The number of rotatable bonds is 3. The van der Waals surface area contributed by atoms with Gasteiger partial charge in [-0.05, 0) is 59.7 Å². The number of nitrogens with zero attached hydrogens (tertiary/aromatic N) is 3. The van der Waals surface area contributed by atoms with Crippen LogP contribution in [-0.4, -0.2) is 32.9 Å². The average Bonchev–Trinajstić information content (AvgIpc) is 3.20. The fourth-order valence-corrected chi connectivity index (χ4v) is 8.73. The number of anilines is 2. The summed E-state index contributed by atoms with van der Waals surface area (Å²) < 4.78 is 1.49. The minimum absolute atomic E-state index is 0.856. The van der Waals surface area contributed by atoms with E-state index in [1.54, 1.807) is 34.6 Å². The third-order valence-electron chi connectivity index (χ3n) is 5.59. The van der Waals surface area contributed by atoms with Crippen LogP contribution in [0.4, 0.5) is 11.5 Å². The Balaban J connectivity index is 1.15. The minimum Gasteiger partial charge on any atom is -0.337 e. The Morgan fingerprint density at radius 1 is 1.10 bits per heavy atom. The highest BCUT2D eigenvalue weighted by atomic mass is 32.2. The van der Waals surface area contributed by atoms with Gasteiger partial charge in [-0.15, -0.1) is 34.9 Å². The number of fused-ring (bicyclic) bond motifs is 3. The Morgan fingerprint density at radius 3 is 2.94 bits per heavy atom. The molecule has 5 heterocycles. The van der Waals surface area contributed by atoms with E-state index in [4.69, 9.17) is 0 Å². The van der Waals surface area contributed by atoms with Gasteiger partial charge in [0, 0.05) is 50.9 Å². The molecule has 2 aromatic heterocycles. The largest absolute Gasteiger partial charge is 0.337 e. The van der Waals surface area contributed by atoms with E-state index in [9.17, 15) is 0 Å². The van der Waals surface area contributed by atoms with Crippen LogP contribution in [0.15, 0.2) is 50.8 Å². The maximum Gasteiger partial charge on any atom is 0.163 e. The SMILES string of the molecule is C(=C1SCCCS1)c1cc2c(s1)CN(Cc1ccc3c(c1)Nc1nccnc1S3)CC2. The second-order valence-corrected chi connectivity index (χ2v) is 12.6. The molecule has 1 fully saturated rings. The van der Waals surface area contributed by atoms with Crippen LogP contribution < -0.4 is 5.32 Å². The molecular weight excluding hydrogens is 461 g/mol. The molecule has 0 amide bonds. The van der Waals surface area contributed by atoms with E-state index in [1.165, 1.54) is 37.5 Å². The molecule has 4 nitrogen and oxygen atoms in total. The van der Waals surface area contributed by atoms with Crippen molar-refractivity contribution >= 4 is 64.2 Å². The fraction of sp³-hybridized carbons (Fsp3) is 0.304. The molecule has 1 saturated heterocycles. The van der Waals surface area contributed by atoms with Crippen LogP contribution in [0.5, 0.6) is 0 Å². The first-order chi connectivity index (χ1) is 15.3. The van der Waals surface area contributed by atoms with Crippen molar-refractivity contribution in [1.29, 1.82) is 0 Å². The lowest BCUT2D eigenvalue weighted by Gasteiger charge is -2.27. The molecule has 0 spiro atoms. The number of aromatic nitrogens is 2. The van der Waals surface area contributed by atoms with Crippen LogP contribution in [0, 0.1) is 0 Å². The fourth-order valence-electron chi connectivity index (χ4n) is 4.09. The molecule has 0 bridgehead atoms. The summed E-state index contributed by atoms with van der Waals surface area (Å²) in [6.45, 7) is 3.15. The van der Waals surface area contributed by atoms with E-state index in [0.29, 0.717) is 0 Å². The van der Waals surface area contributed by atoms with E-state index in [-0.39, 0.29) is 0 Å². The van der Waals surface area contributed by atoms with Gasteiger partial charge >= 0.3 is 0 Å². The van der Waals surface area contributed by atoms with Crippen LogP contribution in [0.25, 0.3) is 6.08 Å². The van der Waals surface area contributed by atoms with Gasteiger partial charge in [0.1, 0.15) is 5.03 Å². The lowest BCUT2D eigenvalue weighted by molar-refractivity contribution is 0.249. The minimum atomic E-state index is 0.856. The predicted molar refractivity (Wildman–Crippen MR) is 136 cm³/mol. The van der Waals surface area contributed by atoms with Crippen LogP contribution in [0.2, 0.25) is 0 Å². The normalized spacial score (nSPS) is 18.0. The van der Waals surface area contributed by atoms with Crippen LogP contribution in [-0.2, 0) is 19.5 Å². The third-order valence-corrected chi connectivity index (χ3v) is 10.3. The Labute approximate surface area is 199 Å². The molecule has 8 heteroatoms. The monoisotopic (exact) mass is 482 g/mol. The van der Waals surface area contributed by atoms with Gasteiger partial charge in [0.25, 0.3) is 0 Å². The molecule has 3 aliphatic rings. The molecule has 0 aliphatic carbocycles. The van der Waals surface area contributed by atoms with Crippen molar-refractivity contribution in [2.45, 2.75) is 35.9 Å². The predicted octanol–water partition coefficient (Wildman–Crippen LogP) is 6.47. The van der Waals surface area contributed by atoms with Crippen molar-refractivity contribution in [3.05, 3.63) is 61.8 Å². The van der Waals surface area contributed by atoms with Gasteiger partial charge in [-0.2, -0.15) is 0 Å². The second-order valence-electron chi connectivity index (χ2n) is 7.84. The molecule has 0 unspecified atom stereocenters. The van der Waals surface area contributed by atoms with Crippen LogP contribution >= 0.6 is 46.6 Å². The number of hydrogen-bond acceptors (Lipinski definition) is 8. The smallest absolute Gasteiger partial charge is 0.163 e. The Bertz CT molecular complexity index is 1150. The molecule has 0 radical (unpaired) electrons. The zero-order valence-electron chi connectivity index (χ0n) is 17.0. The number of hydrogen-bond donors (Lipinski definition) is 1. The molecule has 1 N–H and O–H groups in total. The van der Waals surface area contributed by atoms with E-state index in [1.807, 2.05) is 34.9 Å². The summed E-state index contributed by atoms with van der Waals surface area (Å²) in [5.74, 6) is 3.39. The van der Waals surface area contributed by atoms with Crippen molar-refractivity contribution in [2.75, 3.05) is 23.4 Å². The quantitative estimate of drug-likeness (QED) is 0.359. The molecule has 6 rings (SSSR count). The summed E-state index contributed by atoms with van der Waals surface area (Å²) in [7, 11) is 0. The molecule has 31 heavy (non-hydrogen) atoms. The first kappa shape index (κ1) is 20.2.